The van der Waals surface area contributed by atoms with Gasteiger partial charge in [0.05, 0.1) is 12.0 Å². The van der Waals surface area contributed by atoms with E-state index in [2.05, 4.69) is 4.98 Å². The van der Waals surface area contributed by atoms with Gasteiger partial charge in [-0.2, -0.15) is 0 Å². The van der Waals surface area contributed by atoms with E-state index in [1.165, 1.54) is 0 Å². The minimum Gasteiger partial charge on any atom is -0.460 e. The number of esters is 1. The van der Waals surface area contributed by atoms with E-state index in [-0.39, 0.29) is 19.0 Å². The van der Waals surface area contributed by atoms with Gasteiger partial charge in [-0.25, -0.2) is 0 Å². The molecule has 2 rings (SSSR count). The topological polar surface area (TPSA) is 54.4 Å². The van der Waals surface area contributed by atoms with Crippen LogP contribution in [0.1, 0.15) is 11.1 Å². The monoisotopic (exact) mass is 253 g/mol. The molecule has 2 aromatic carbocycles. The molecule has 0 bridgehead atoms. The fourth-order valence-corrected chi connectivity index (χ4v) is 1.70. The van der Waals surface area contributed by atoms with E-state index >= 15 is 0 Å². The van der Waals surface area contributed by atoms with Gasteiger partial charge in [0.15, 0.2) is 4.98 Å². The second kappa shape index (κ2) is 6.31. The molecular weight excluding hydrogens is 240 g/mol. The minimum absolute atomic E-state index is 0.103. The number of nitrogens with zero attached hydrogens (tertiary/aromatic N) is 2. The molecule has 0 aliphatic heterocycles. The summed E-state index contributed by atoms with van der Waals surface area (Å²) in [5.74, 6) is -0.307. The lowest BCUT2D eigenvalue weighted by Gasteiger charge is -2.03. The second-order valence-electron chi connectivity index (χ2n) is 4.05. The van der Waals surface area contributed by atoms with Crippen LogP contribution >= 0.6 is 0 Å². The lowest BCUT2D eigenvalue weighted by Crippen LogP contribution is -2.07. The van der Waals surface area contributed by atoms with E-state index in [9.17, 15) is 4.79 Å². The summed E-state index contributed by atoms with van der Waals surface area (Å²) < 4.78 is 5.16. The first-order chi connectivity index (χ1) is 9.29. The molecule has 19 heavy (non-hydrogen) atoms. The predicted molar refractivity (Wildman–Crippen MR) is 71.1 cm³/mol. The van der Waals surface area contributed by atoms with Crippen molar-refractivity contribution in [2.75, 3.05) is 0 Å². The molecule has 0 aliphatic carbocycles. The molecular formula is C15H13N2O2+. The van der Waals surface area contributed by atoms with E-state index < -0.39 is 0 Å². The maximum atomic E-state index is 11.7. The maximum absolute atomic E-state index is 11.7. The van der Waals surface area contributed by atoms with E-state index in [1.54, 1.807) is 24.3 Å². The number of carbonyl (C=O) groups is 1. The lowest BCUT2D eigenvalue weighted by molar-refractivity contribution is -0.144. The summed E-state index contributed by atoms with van der Waals surface area (Å²) in [5, 5.41) is 8.80. The van der Waals surface area contributed by atoms with Gasteiger partial charge < -0.3 is 4.74 Å². The second-order valence-corrected chi connectivity index (χ2v) is 4.05. The van der Waals surface area contributed by atoms with Gasteiger partial charge in [-0.1, -0.05) is 42.5 Å². The van der Waals surface area contributed by atoms with Crippen molar-refractivity contribution in [1.29, 1.82) is 5.39 Å². The van der Waals surface area contributed by atoms with E-state index in [1.807, 2.05) is 30.3 Å². The lowest BCUT2D eigenvalue weighted by atomic mass is 10.1. The van der Waals surface area contributed by atoms with Crippen molar-refractivity contribution in [3.05, 3.63) is 70.7 Å². The van der Waals surface area contributed by atoms with Crippen LogP contribution in [-0.2, 0) is 22.6 Å². The first-order valence-corrected chi connectivity index (χ1v) is 5.92. The summed E-state index contributed by atoms with van der Waals surface area (Å²) in [5.41, 5.74) is 1.99. The standard InChI is InChI=1S/C15H13N2O2/c16-17-14-9-5-4-8-13(14)11-19-15(18)10-12-6-2-1-3-7-12/h1-9H,10-11H2/q+1. The third kappa shape index (κ3) is 3.65. The average Bonchev–Trinajstić information content (AvgIpc) is 2.46. The van der Waals surface area contributed by atoms with Crippen molar-refractivity contribution < 1.29 is 9.53 Å². The highest BCUT2D eigenvalue weighted by Gasteiger charge is 2.14. The summed E-state index contributed by atoms with van der Waals surface area (Å²) in [6.45, 7) is 0.103. The molecule has 0 unspecified atom stereocenters. The highest BCUT2D eigenvalue weighted by molar-refractivity contribution is 5.72. The summed E-state index contributed by atoms with van der Waals surface area (Å²) in [7, 11) is 0. The van der Waals surface area contributed by atoms with Crippen molar-refractivity contribution in [2.45, 2.75) is 13.0 Å². The van der Waals surface area contributed by atoms with Gasteiger partial charge in [-0.15, -0.1) is 0 Å². The van der Waals surface area contributed by atoms with Crippen LogP contribution in [0, 0.1) is 5.39 Å². The van der Waals surface area contributed by atoms with Gasteiger partial charge in [0.2, 0.25) is 5.39 Å². The third-order valence-electron chi connectivity index (χ3n) is 2.68. The molecule has 0 heterocycles. The summed E-state index contributed by atoms with van der Waals surface area (Å²) >= 11 is 0. The van der Waals surface area contributed by atoms with Crippen LogP contribution in [0.4, 0.5) is 5.69 Å². The Balaban J connectivity index is 1.92. The van der Waals surface area contributed by atoms with Crippen LogP contribution in [-0.4, -0.2) is 5.97 Å². The van der Waals surface area contributed by atoms with Crippen molar-refractivity contribution in [3.8, 4) is 0 Å². The van der Waals surface area contributed by atoms with E-state index in [4.69, 9.17) is 10.1 Å². The van der Waals surface area contributed by atoms with E-state index in [0.717, 1.165) is 5.56 Å². The molecule has 94 valence electrons. The molecule has 0 N–H and O–H groups in total. The Kier molecular flexibility index (Phi) is 4.25. The fraction of sp³-hybridized carbons (Fsp3) is 0.133. The van der Waals surface area contributed by atoms with Crippen LogP contribution in [0.2, 0.25) is 0 Å². The normalized spacial score (nSPS) is 9.63. The summed E-state index contributed by atoms with van der Waals surface area (Å²) in [4.78, 5) is 14.8. The number of ether oxygens (including phenoxy) is 1. The Labute approximate surface area is 111 Å². The van der Waals surface area contributed by atoms with E-state index in [0.29, 0.717) is 11.3 Å². The highest BCUT2D eigenvalue weighted by Crippen LogP contribution is 2.19. The molecule has 0 aliphatic rings. The molecule has 0 spiro atoms. The Morgan fingerprint density at radius 3 is 2.47 bits per heavy atom. The summed E-state index contributed by atoms with van der Waals surface area (Å²) in [6, 6.07) is 16.4. The molecule has 4 heteroatoms. The van der Waals surface area contributed by atoms with Gasteiger partial charge in [0.1, 0.15) is 6.61 Å². The van der Waals surface area contributed by atoms with Crippen LogP contribution in [0.3, 0.4) is 0 Å². The van der Waals surface area contributed by atoms with Crippen molar-refractivity contribution in [2.24, 2.45) is 0 Å². The molecule has 0 saturated carbocycles. The first kappa shape index (κ1) is 12.8. The molecule has 0 atom stereocenters. The van der Waals surface area contributed by atoms with Gasteiger partial charge in [0.25, 0.3) is 0 Å². The number of benzene rings is 2. The number of hydrogen-bond acceptors (Lipinski definition) is 3. The van der Waals surface area contributed by atoms with Gasteiger partial charge in [-0.05, 0) is 11.6 Å². The Morgan fingerprint density at radius 1 is 1.05 bits per heavy atom. The largest absolute Gasteiger partial charge is 0.460 e. The van der Waals surface area contributed by atoms with Gasteiger partial charge in [0, 0.05) is 6.07 Å². The van der Waals surface area contributed by atoms with Crippen molar-refractivity contribution >= 4 is 11.7 Å². The fourth-order valence-electron chi connectivity index (χ4n) is 1.70. The number of hydrogen-bond donors (Lipinski definition) is 0. The molecule has 0 aromatic heterocycles. The number of diazo groups is 1. The molecule has 0 radical (unpaired) electrons. The van der Waals surface area contributed by atoms with Crippen molar-refractivity contribution in [1.82, 2.24) is 0 Å². The van der Waals surface area contributed by atoms with Gasteiger partial charge in [-0.3, -0.25) is 4.79 Å². The zero-order chi connectivity index (χ0) is 13.5. The summed E-state index contributed by atoms with van der Waals surface area (Å²) in [6.07, 6.45) is 0.235. The van der Waals surface area contributed by atoms with Gasteiger partial charge >= 0.3 is 11.7 Å². The minimum atomic E-state index is -0.307. The maximum Gasteiger partial charge on any atom is 0.391 e. The quantitative estimate of drug-likeness (QED) is 0.619. The molecule has 0 saturated heterocycles. The Bertz CT molecular complexity index is 603. The van der Waals surface area contributed by atoms with Crippen LogP contribution < -0.4 is 0 Å². The molecule has 4 nitrogen and oxygen atoms in total. The Morgan fingerprint density at radius 2 is 1.74 bits per heavy atom. The van der Waals surface area contributed by atoms with Crippen LogP contribution in [0.5, 0.6) is 0 Å². The third-order valence-corrected chi connectivity index (χ3v) is 2.68. The smallest absolute Gasteiger partial charge is 0.391 e. The Hall–Kier alpha value is -2.67. The van der Waals surface area contributed by atoms with Crippen LogP contribution in [0.15, 0.2) is 54.6 Å². The molecule has 2 aromatic rings. The predicted octanol–water partition coefficient (Wildman–Crippen LogP) is 3.46. The zero-order valence-corrected chi connectivity index (χ0v) is 10.3. The first-order valence-electron chi connectivity index (χ1n) is 5.92. The highest BCUT2D eigenvalue weighted by atomic mass is 16.5. The number of rotatable bonds is 4. The zero-order valence-electron chi connectivity index (χ0n) is 10.3. The van der Waals surface area contributed by atoms with Crippen molar-refractivity contribution in [3.63, 3.8) is 0 Å². The van der Waals surface area contributed by atoms with Crippen LogP contribution in [0.25, 0.3) is 4.98 Å². The molecule has 0 fully saturated rings. The molecule has 0 amide bonds. The average molecular weight is 253 g/mol. The SMILES string of the molecule is N#[N+]c1ccccc1COC(=O)Cc1ccccc1. The number of carbonyl (C=O) groups excluding carboxylic acids is 1.